The third-order valence-electron chi connectivity index (χ3n) is 2.21. The van der Waals surface area contributed by atoms with Crippen molar-refractivity contribution >= 4 is 17.6 Å². The molecule has 1 aromatic rings. The number of phenolic OH excluding ortho intramolecular Hbond substituents is 1. The van der Waals surface area contributed by atoms with Gasteiger partial charge in [0.15, 0.2) is 11.5 Å². The molecule has 1 aromatic carbocycles. The minimum absolute atomic E-state index is 0.0123. The van der Waals surface area contributed by atoms with E-state index in [-0.39, 0.29) is 28.9 Å². The second-order valence-electron chi connectivity index (χ2n) is 3.18. The van der Waals surface area contributed by atoms with Crippen LogP contribution in [0.5, 0.6) is 17.2 Å². The van der Waals surface area contributed by atoms with Crippen LogP contribution in [0, 0.1) is 0 Å². The van der Waals surface area contributed by atoms with E-state index in [1.807, 2.05) is 0 Å². The molecule has 1 atom stereocenters. The van der Waals surface area contributed by atoms with E-state index in [0.29, 0.717) is 0 Å². The highest BCUT2D eigenvalue weighted by atomic mass is 35.5. The van der Waals surface area contributed by atoms with Gasteiger partial charge >= 0.3 is 5.97 Å². The first-order chi connectivity index (χ1) is 7.52. The summed E-state index contributed by atoms with van der Waals surface area (Å²) in [4.78, 5) is 10.7. The monoisotopic (exact) mass is 245 g/mol. The summed E-state index contributed by atoms with van der Waals surface area (Å²) < 4.78 is 10.0. The van der Waals surface area contributed by atoms with Crippen LogP contribution in [0.3, 0.4) is 0 Å². The molecule has 0 saturated carbocycles. The SMILES string of the molecule is NC(C(=O)O)c1cc2c(c(Cl)c1O)OCO2. The molecule has 16 heavy (non-hydrogen) atoms. The van der Waals surface area contributed by atoms with Crippen LogP contribution in [0.1, 0.15) is 11.6 Å². The van der Waals surface area contributed by atoms with Gasteiger partial charge in [-0.2, -0.15) is 0 Å². The molecule has 0 aliphatic carbocycles. The molecule has 1 heterocycles. The van der Waals surface area contributed by atoms with E-state index in [4.69, 9.17) is 31.9 Å². The van der Waals surface area contributed by atoms with Crippen LogP contribution in [-0.4, -0.2) is 23.0 Å². The Morgan fingerprint density at radius 2 is 2.25 bits per heavy atom. The number of nitrogens with two attached hydrogens (primary N) is 1. The standard InChI is InChI=1S/C9H8ClNO5/c10-5-7(12)3(6(11)9(13)14)1-4-8(5)16-2-15-4/h1,6,12H,2,11H2,(H,13,14). The Morgan fingerprint density at radius 3 is 2.88 bits per heavy atom. The minimum atomic E-state index is -1.37. The highest BCUT2D eigenvalue weighted by Crippen LogP contribution is 2.47. The maximum atomic E-state index is 10.7. The normalized spacial score (nSPS) is 14.9. The first-order valence-electron chi connectivity index (χ1n) is 4.31. The lowest BCUT2D eigenvalue weighted by molar-refractivity contribution is -0.138. The van der Waals surface area contributed by atoms with Crippen LogP contribution in [0.2, 0.25) is 5.02 Å². The number of carboxylic acid groups (broad SMARTS) is 1. The number of aromatic hydroxyl groups is 1. The maximum Gasteiger partial charge on any atom is 0.325 e. The fraction of sp³-hybridized carbons (Fsp3) is 0.222. The van der Waals surface area contributed by atoms with Crippen molar-refractivity contribution in [1.82, 2.24) is 0 Å². The van der Waals surface area contributed by atoms with Crippen molar-refractivity contribution in [3.05, 3.63) is 16.7 Å². The Balaban J connectivity index is 2.56. The van der Waals surface area contributed by atoms with Gasteiger partial charge < -0.3 is 25.4 Å². The highest BCUT2D eigenvalue weighted by molar-refractivity contribution is 6.34. The Bertz CT molecular complexity index is 462. The van der Waals surface area contributed by atoms with E-state index in [2.05, 4.69) is 0 Å². The van der Waals surface area contributed by atoms with E-state index < -0.39 is 17.8 Å². The number of carbonyl (C=O) groups is 1. The summed E-state index contributed by atoms with van der Waals surface area (Å²) in [6.07, 6.45) is 0. The molecule has 1 aliphatic heterocycles. The molecular weight excluding hydrogens is 238 g/mol. The van der Waals surface area contributed by atoms with Crippen LogP contribution >= 0.6 is 11.6 Å². The molecule has 0 spiro atoms. The molecule has 0 bridgehead atoms. The Morgan fingerprint density at radius 1 is 1.56 bits per heavy atom. The van der Waals surface area contributed by atoms with Gasteiger partial charge in [0.2, 0.25) is 6.79 Å². The van der Waals surface area contributed by atoms with Gasteiger partial charge in [0.1, 0.15) is 16.8 Å². The Hall–Kier alpha value is -1.66. The van der Waals surface area contributed by atoms with Crippen molar-refractivity contribution in [3.63, 3.8) is 0 Å². The van der Waals surface area contributed by atoms with E-state index in [9.17, 15) is 9.90 Å². The second-order valence-corrected chi connectivity index (χ2v) is 3.56. The van der Waals surface area contributed by atoms with Crippen molar-refractivity contribution in [2.45, 2.75) is 6.04 Å². The van der Waals surface area contributed by atoms with Crippen molar-refractivity contribution in [1.29, 1.82) is 0 Å². The Labute approximate surface area is 95.1 Å². The van der Waals surface area contributed by atoms with Crippen LogP contribution in [0.15, 0.2) is 6.07 Å². The summed E-state index contributed by atoms with van der Waals surface area (Å²) in [6, 6.07) is -0.0606. The highest BCUT2D eigenvalue weighted by Gasteiger charge is 2.27. The van der Waals surface area contributed by atoms with Crippen molar-refractivity contribution in [2.24, 2.45) is 5.73 Å². The third-order valence-corrected chi connectivity index (χ3v) is 2.56. The van der Waals surface area contributed by atoms with Gasteiger partial charge in [-0.3, -0.25) is 4.79 Å². The van der Waals surface area contributed by atoms with Crippen LogP contribution in [-0.2, 0) is 4.79 Å². The van der Waals surface area contributed by atoms with E-state index >= 15 is 0 Å². The van der Waals surface area contributed by atoms with E-state index in [1.54, 1.807) is 0 Å². The fourth-order valence-corrected chi connectivity index (χ4v) is 1.64. The van der Waals surface area contributed by atoms with Crippen LogP contribution in [0.25, 0.3) is 0 Å². The average molecular weight is 246 g/mol. The predicted octanol–water partition coefficient (Wildman–Crippen LogP) is 0.859. The number of halogens is 1. The molecule has 1 aliphatic rings. The lowest BCUT2D eigenvalue weighted by Crippen LogP contribution is -2.20. The summed E-state index contributed by atoms with van der Waals surface area (Å²) in [5.41, 5.74) is 5.37. The average Bonchev–Trinajstić information content (AvgIpc) is 2.70. The number of rotatable bonds is 2. The largest absolute Gasteiger partial charge is 0.506 e. The molecule has 4 N–H and O–H groups in total. The van der Waals surface area contributed by atoms with Crippen LogP contribution in [0.4, 0.5) is 0 Å². The number of hydrogen-bond donors (Lipinski definition) is 3. The van der Waals surface area contributed by atoms with Gasteiger partial charge in [-0.05, 0) is 6.07 Å². The molecule has 6 nitrogen and oxygen atoms in total. The summed E-state index contributed by atoms with van der Waals surface area (Å²) in [7, 11) is 0. The number of hydrogen-bond acceptors (Lipinski definition) is 5. The molecule has 7 heteroatoms. The topological polar surface area (TPSA) is 102 Å². The first kappa shape index (κ1) is 10.8. The fourth-order valence-electron chi connectivity index (χ4n) is 1.38. The van der Waals surface area contributed by atoms with E-state index in [0.717, 1.165) is 0 Å². The van der Waals surface area contributed by atoms with Gasteiger partial charge in [0, 0.05) is 5.56 Å². The summed E-state index contributed by atoms with van der Waals surface area (Å²) >= 11 is 5.79. The second kappa shape index (κ2) is 3.73. The van der Waals surface area contributed by atoms with Gasteiger partial charge in [-0.25, -0.2) is 0 Å². The molecule has 0 aromatic heterocycles. The molecule has 2 rings (SSSR count). The minimum Gasteiger partial charge on any atom is -0.506 e. The van der Waals surface area contributed by atoms with Gasteiger partial charge in [0.25, 0.3) is 0 Å². The zero-order valence-electron chi connectivity index (χ0n) is 7.94. The smallest absolute Gasteiger partial charge is 0.325 e. The van der Waals surface area contributed by atoms with Crippen molar-refractivity contribution < 1.29 is 24.5 Å². The summed E-state index contributed by atoms with van der Waals surface area (Å²) in [5, 5.41) is 18.3. The number of ether oxygens (including phenoxy) is 2. The molecular formula is C9H8ClNO5. The van der Waals surface area contributed by atoms with Gasteiger partial charge in [-0.1, -0.05) is 11.6 Å². The van der Waals surface area contributed by atoms with Crippen molar-refractivity contribution in [3.8, 4) is 17.2 Å². The molecule has 0 amide bonds. The molecule has 86 valence electrons. The number of aliphatic carboxylic acids is 1. The zero-order valence-corrected chi connectivity index (χ0v) is 8.69. The predicted molar refractivity (Wildman–Crippen MR) is 53.8 cm³/mol. The quantitative estimate of drug-likeness (QED) is 0.714. The number of benzene rings is 1. The molecule has 0 radical (unpaired) electrons. The maximum absolute atomic E-state index is 10.7. The zero-order chi connectivity index (χ0) is 11.9. The lowest BCUT2D eigenvalue weighted by atomic mass is 10.1. The van der Waals surface area contributed by atoms with Gasteiger partial charge in [0.05, 0.1) is 0 Å². The molecule has 0 saturated heterocycles. The van der Waals surface area contributed by atoms with Crippen LogP contribution < -0.4 is 15.2 Å². The Kier molecular flexibility index (Phi) is 2.53. The molecule has 0 fully saturated rings. The number of phenols is 1. The number of fused-ring (bicyclic) bond motifs is 1. The molecule has 1 unspecified atom stereocenters. The number of carboxylic acids is 1. The lowest BCUT2D eigenvalue weighted by Gasteiger charge is -2.11. The van der Waals surface area contributed by atoms with Gasteiger partial charge in [-0.15, -0.1) is 0 Å². The van der Waals surface area contributed by atoms with Crippen molar-refractivity contribution in [2.75, 3.05) is 6.79 Å². The first-order valence-corrected chi connectivity index (χ1v) is 4.69. The summed E-state index contributed by atoms with van der Waals surface area (Å²) in [5.74, 6) is -1.21. The summed E-state index contributed by atoms with van der Waals surface area (Å²) in [6.45, 7) is -0.0275. The van der Waals surface area contributed by atoms with E-state index in [1.165, 1.54) is 6.07 Å². The third kappa shape index (κ3) is 1.52.